The molecule has 1 aliphatic carbocycles. The van der Waals surface area contributed by atoms with Gasteiger partial charge in [0.15, 0.2) is 0 Å². The van der Waals surface area contributed by atoms with Crippen LogP contribution < -0.4 is 10.1 Å². The smallest absolute Gasteiger partial charge is 0.228 e. The topological polar surface area (TPSA) is 100 Å². The van der Waals surface area contributed by atoms with Crippen LogP contribution in [-0.2, 0) is 0 Å². The highest BCUT2D eigenvalue weighted by atomic mass is 19.1. The van der Waals surface area contributed by atoms with Gasteiger partial charge in [0.2, 0.25) is 17.8 Å². The first-order valence-electron chi connectivity index (χ1n) is 10.5. The molecule has 4 heterocycles. The Balaban J connectivity index is 1.47. The van der Waals surface area contributed by atoms with Gasteiger partial charge >= 0.3 is 0 Å². The maximum absolute atomic E-state index is 14.0. The number of anilines is 1. The molecule has 0 amide bonds. The lowest BCUT2D eigenvalue weighted by Gasteiger charge is -2.35. The monoisotopic (exact) mass is 424 g/mol. The summed E-state index contributed by atoms with van der Waals surface area (Å²) in [5.41, 5.74) is 2.24. The minimum atomic E-state index is -0.551. The molecule has 1 fully saturated rings. The number of aromatic amines is 1. The van der Waals surface area contributed by atoms with E-state index in [0.717, 1.165) is 48.6 Å². The summed E-state index contributed by atoms with van der Waals surface area (Å²) >= 11 is 0. The molecule has 4 aromatic rings. The van der Waals surface area contributed by atoms with Gasteiger partial charge in [0.05, 0.1) is 24.3 Å². The van der Waals surface area contributed by atoms with E-state index in [0.29, 0.717) is 23.1 Å². The van der Waals surface area contributed by atoms with E-state index in [1.54, 1.807) is 19.4 Å². The highest BCUT2D eigenvalue weighted by molar-refractivity contribution is 5.97. The summed E-state index contributed by atoms with van der Waals surface area (Å²) < 4.78 is 21.0. The average Bonchev–Trinajstić information content (AvgIpc) is 3.38. The molecule has 0 unspecified atom stereocenters. The highest BCUT2D eigenvalue weighted by Crippen LogP contribution is 2.36. The lowest BCUT2D eigenvalue weighted by Crippen LogP contribution is -2.38. The molecule has 3 N–H and O–H groups in total. The molecule has 162 valence electrons. The summed E-state index contributed by atoms with van der Waals surface area (Å²) in [7, 11) is 1.57. The third-order valence-electron chi connectivity index (χ3n) is 6.37. The van der Waals surface area contributed by atoms with Gasteiger partial charge in [-0.25, -0.2) is 4.98 Å². The molecule has 1 saturated carbocycles. The number of methoxy groups -OCH3 is 1. The third-order valence-corrected chi connectivity index (χ3v) is 6.37. The van der Waals surface area contributed by atoms with E-state index in [4.69, 9.17) is 4.74 Å². The van der Waals surface area contributed by atoms with Crippen LogP contribution in [0, 0.1) is 5.95 Å². The van der Waals surface area contributed by atoms with Gasteiger partial charge in [0, 0.05) is 29.6 Å². The lowest BCUT2D eigenvalue weighted by atomic mass is 9.80. The molecule has 0 aromatic carbocycles. The normalized spacial score (nSPS) is 21.6. The SMILES string of the molecule is CC[C@]1(O)CC[C@@H](Nc2nc(OC)c3c(-c4ccc5ncc(F)n5c4)c[nH]c3n2)CC1. The van der Waals surface area contributed by atoms with Crippen molar-refractivity contribution >= 4 is 22.6 Å². The number of fused-ring (bicyclic) bond motifs is 2. The second-order valence-electron chi connectivity index (χ2n) is 8.21. The maximum atomic E-state index is 14.0. The van der Waals surface area contributed by atoms with Gasteiger partial charge in [-0.1, -0.05) is 6.92 Å². The quantitative estimate of drug-likeness (QED) is 0.449. The lowest BCUT2D eigenvalue weighted by molar-refractivity contribution is -0.00198. The molecule has 5 rings (SSSR count). The molecule has 31 heavy (non-hydrogen) atoms. The Morgan fingerprint density at radius 3 is 2.87 bits per heavy atom. The van der Waals surface area contributed by atoms with Crippen molar-refractivity contribution < 1.29 is 14.2 Å². The van der Waals surface area contributed by atoms with E-state index in [-0.39, 0.29) is 6.04 Å². The molecule has 9 heteroatoms. The minimum absolute atomic E-state index is 0.204. The molecular weight excluding hydrogens is 399 g/mol. The molecule has 0 spiro atoms. The maximum Gasteiger partial charge on any atom is 0.228 e. The van der Waals surface area contributed by atoms with Crippen molar-refractivity contribution in [1.82, 2.24) is 24.3 Å². The fraction of sp³-hybridized carbons (Fsp3) is 0.409. The van der Waals surface area contributed by atoms with E-state index in [1.807, 2.05) is 19.2 Å². The van der Waals surface area contributed by atoms with Crippen LogP contribution >= 0.6 is 0 Å². The van der Waals surface area contributed by atoms with Crippen LogP contribution in [0.25, 0.3) is 27.8 Å². The number of imidazole rings is 1. The summed E-state index contributed by atoms with van der Waals surface area (Å²) in [6, 6.07) is 3.85. The zero-order valence-corrected chi connectivity index (χ0v) is 17.5. The van der Waals surface area contributed by atoms with Crippen LogP contribution in [0.3, 0.4) is 0 Å². The standard InChI is InChI=1S/C22H25FN6O2/c1-3-22(30)8-6-14(7-9-22)26-21-27-19-18(20(28-21)31-2)15(10-25-19)13-4-5-17-24-11-16(23)29(17)12-13/h4-5,10-12,14,30H,3,6-9H2,1-2H3,(H2,25,26,27,28)/t14-,22+. The zero-order valence-electron chi connectivity index (χ0n) is 17.5. The molecule has 0 saturated heterocycles. The number of nitrogens with zero attached hydrogens (tertiary/aromatic N) is 4. The molecule has 4 aromatic heterocycles. The second-order valence-corrected chi connectivity index (χ2v) is 8.21. The zero-order chi connectivity index (χ0) is 21.6. The van der Waals surface area contributed by atoms with Crippen molar-refractivity contribution in [3.8, 4) is 17.0 Å². The molecule has 8 nitrogen and oxygen atoms in total. The van der Waals surface area contributed by atoms with Gasteiger partial charge < -0.3 is 20.1 Å². The molecular formula is C22H25FN6O2. The second kappa shape index (κ2) is 7.49. The van der Waals surface area contributed by atoms with Crippen molar-refractivity contribution in [2.24, 2.45) is 0 Å². The van der Waals surface area contributed by atoms with Gasteiger partial charge in [0.25, 0.3) is 0 Å². The van der Waals surface area contributed by atoms with Crippen molar-refractivity contribution in [3.63, 3.8) is 0 Å². The van der Waals surface area contributed by atoms with E-state index in [1.165, 1.54) is 10.6 Å². The Morgan fingerprint density at radius 2 is 2.13 bits per heavy atom. The minimum Gasteiger partial charge on any atom is -0.480 e. The van der Waals surface area contributed by atoms with Crippen molar-refractivity contribution in [2.75, 3.05) is 12.4 Å². The van der Waals surface area contributed by atoms with E-state index in [2.05, 4.69) is 25.3 Å². The number of pyridine rings is 1. The third kappa shape index (κ3) is 3.48. The fourth-order valence-electron chi connectivity index (χ4n) is 4.39. The largest absolute Gasteiger partial charge is 0.480 e. The van der Waals surface area contributed by atoms with E-state index in [9.17, 15) is 9.50 Å². The molecule has 1 aliphatic rings. The van der Waals surface area contributed by atoms with Gasteiger partial charge in [-0.15, -0.1) is 0 Å². The van der Waals surface area contributed by atoms with Crippen LogP contribution in [0.1, 0.15) is 39.0 Å². The van der Waals surface area contributed by atoms with Crippen LogP contribution in [0.2, 0.25) is 0 Å². The number of rotatable bonds is 5. The van der Waals surface area contributed by atoms with Crippen LogP contribution in [0.5, 0.6) is 5.88 Å². The Morgan fingerprint density at radius 1 is 1.32 bits per heavy atom. The number of aliphatic hydroxyl groups is 1. The first-order chi connectivity index (χ1) is 15.0. The van der Waals surface area contributed by atoms with Gasteiger partial charge in [-0.05, 0) is 44.2 Å². The first-order valence-corrected chi connectivity index (χ1v) is 10.5. The molecule has 0 aliphatic heterocycles. The Kier molecular flexibility index (Phi) is 4.77. The Bertz CT molecular complexity index is 1240. The summed E-state index contributed by atoms with van der Waals surface area (Å²) in [4.78, 5) is 16.4. The first kappa shape index (κ1) is 19.7. The van der Waals surface area contributed by atoms with E-state index < -0.39 is 11.5 Å². The van der Waals surface area contributed by atoms with Gasteiger partial charge in [-0.3, -0.25) is 4.40 Å². The number of hydrogen-bond acceptors (Lipinski definition) is 6. The van der Waals surface area contributed by atoms with Gasteiger partial charge in [-0.2, -0.15) is 14.4 Å². The van der Waals surface area contributed by atoms with Crippen LogP contribution in [-0.4, -0.2) is 48.2 Å². The van der Waals surface area contributed by atoms with Crippen LogP contribution in [0.4, 0.5) is 10.3 Å². The predicted molar refractivity (Wildman–Crippen MR) is 116 cm³/mol. The Labute approximate surface area is 178 Å². The highest BCUT2D eigenvalue weighted by Gasteiger charge is 2.31. The number of hydrogen-bond donors (Lipinski definition) is 3. The number of ether oxygens (including phenoxy) is 1. The predicted octanol–water partition coefficient (Wildman–Crippen LogP) is 3.92. The molecule has 0 bridgehead atoms. The van der Waals surface area contributed by atoms with Crippen molar-refractivity contribution in [3.05, 3.63) is 36.7 Å². The fourth-order valence-corrected chi connectivity index (χ4v) is 4.39. The number of aromatic nitrogens is 5. The summed E-state index contributed by atoms with van der Waals surface area (Å²) in [6.45, 7) is 2.03. The summed E-state index contributed by atoms with van der Waals surface area (Å²) in [5, 5.41) is 14.6. The molecule has 0 atom stereocenters. The number of nitrogens with one attached hydrogen (secondary N) is 2. The van der Waals surface area contributed by atoms with Crippen LogP contribution in [0.15, 0.2) is 30.7 Å². The van der Waals surface area contributed by atoms with E-state index >= 15 is 0 Å². The van der Waals surface area contributed by atoms with Crippen molar-refractivity contribution in [2.45, 2.75) is 50.7 Å². The summed E-state index contributed by atoms with van der Waals surface area (Å²) in [5.74, 6) is 0.505. The Hall–Kier alpha value is -3.20. The average molecular weight is 424 g/mol. The summed E-state index contributed by atoms with van der Waals surface area (Å²) in [6.07, 6.45) is 8.74. The molecule has 0 radical (unpaired) electrons. The number of halogens is 1. The number of H-pyrrole nitrogens is 1. The van der Waals surface area contributed by atoms with Gasteiger partial charge in [0.1, 0.15) is 11.3 Å². The van der Waals surface area contributed by atoms with Crippen molar-refractivity contribution in [1.29, 1.82) is 0 Å².